The number of thioether (sulfide) groups is 1. The summed E-state index contributed by atoms with van der Waals surface area (Å²) in [4.78, 5) is 12.2. The Bertz CT molecular complexity index is 613. The van der Waals surface area contributed by atoms with Crippen molar-refractivity contribution in [2.75, 3.05) is 12.0 Å². The maximum Gasteiger partial charge on any atom is 0.404 e. The van der Waals surface area contributed by atoms with Crippen molar-refractivity contribution < 1.29 is 18.3 Å². The van der Waals surface area contributed by atoms with Crippen LogP contribution in [0.3, 0.4) is 0 Å². The summed E-state index contributed by atoms with van der Waals surface area (Å²) in [6.07, 6.45) is 4.19. The molecule has 1 aliphatic carbocycles. The fourth-order valence-corrected chi connectivity index (χ4v) is 5.03. The number of rotatable bonds is 5. The van der Waals surface area contributed by atoms with Gasteiger partial charge in [0, 0.05) is 10.9 Å². The van der Waals surface area contributed by atoms with E-state index in [1.165, 1.54) is 0 Å². The van der Waals surface area contributed by atoms with Crippen molar-refractivity contribution in [3.05, 3.63) is 24.3 Å². The summed E-state index contributed by atoms with van der Waals surface area (Å²) < 4.78 is 25.1. The highest BCUT2D eigenvalue weighted by Gasteiger charge is 2.31. The number of benzene rings is 1. The van der Waals surface area contributed by atoms with Crippen LogP contribution in [0.15, 0.2) is 34.1 Å². The largest absolute Gasteiger partial charge is 0.465 e. The Balaban J connectivity index is 2.12. The van der Waals surface area contributed by atoms with E-state index in [9.17, 15) is 13.2 Å². The summed E-state index contributed by atoms with van der Waals surface area (Å²) in [5.74, 6) is -0.161. The molecule has 1 aromatic rings. The number of carboxylic acid groups (broad SMARTS) is 1. The molecule has 0 radical (unpaired) electrons. The van der Waals surface area contributed by atoms with Crippen LogP contribution in [0.4, 0.5) is 4.79 Å². The number of sulfone groups is 1. The van der Waals surface area contributed by atoms with E-state index in [4.69, 9.17) is 5.11 Å². The third kappa shape index (κ3) is 4.39. The van der Waals surface area contributed by atoms with Crippen LogP contribution in [-0.2, 0) is 9.84 Å². The monoisotopic (exact) mass is 343 g/mol. The summed E-state index contributed by atoms with van der Waals surface area (Å²) in [5.41, 5.74) is 0. The molecule has 2 rings (SSSR count). The molecule has 2 N–H and O–H groups in total. The highest BCUT2D eigenvalue weighted by Crippen LogP contribution is 2.28. The van der Waals surface area contributed by atoms with Crippen LogP contribution < -0.4 is 5.32 Å². The lowest BCUT2D eigenvalue weighted by molar-refractivity contribution is 0.178. The van der Waals surface area contributed by atoms with E-state index in [0.717, 1.165) is 24.2 Å². The molecule has 5 nitrogen and oxygen atoms in total. The smallest absolute Gasteiger partial charge is 0.404 e. The molecule has 0 spiro atoms. The molecule has 2 unspecified atom stereocenters. The van der Waals surface area contributed by atoms with E-state index >= 15 is 0 Å². The Morgan fingerprint density at radius 2 is 1.91 bits per heavy atom. The van der Waals surface area contributed by atoms with Gasteiger partial charge in [0.25, 0.3) is 0 Å². The van der Waals surface area contributed by atoms with Gasteiger partial charge in [0.05, 0.1) is 10.6 Å². The van der Waals surface area contributed by atoms with E-state index in [-0.39, 0.29) is 17.7 Å². The van der Waals surface area contributed by atoms with Crippen molar-refractivity contribution in [3.8, 4) is 0 Å². The highest BCUT2D eigenvalue weighted by atomic mass is 32.2. The zero-order valence-corrected chi connectivity index (χ0v) is 14.1. The minimum absolute atomic E-state index is 0.00341. The molecule has 0 heterocycles. The Morgan fingerprint density at radius 3 is 2.50 bits per heavy atom. The normalized spacial score (nSPS) is 22.2. The second-order valence-corrected chi connectivity index (χ2v) is 8.47. The number of carbonyl (C=O) groups is 1. The van der Waals surface area contributed by atoms with Gasteiger partial charge in [-0.05, 0) is 49.3 Å². The van der Waals surface area contributed by atoms with Crippen LogP contribution in [0.1, 0.15) is 25.7 Å². The molecule has 0 aliphatic heterocycles. The van der Waals surface area contributed by atoms with Crippen molar-refractivity contribution in [2.45, 2.75) is 41.5 Å². The summed E-state index contributed by atoms with van der Waals surface area (Å²) in [5, 5.41) is 11.4. The van der Waals surface area contributed by atoms with E-state index in [1.54, 1.807) is 36.0 Å². The topological polar surface area (TPSA) is 83.5 Å². The number of hydrogen-bond donors (Lipinski definition) is 2. The van der Waals surface area contributed by atoms with E-state index in [1.807, 2.05) is 6.26 Å². The van der Waals surface area contributed by atoms with Crippen molar-refractivity contribution in [1.29, 1.82) is 0 Å². The summed E-state index contributed by atoms with van der Waals surface area (Å²) in [6.45, 7) is 0. The fraction of sp³-hybridized carbons (Fsp3) is 0.533. The Hall–Kier alpha value is -1.21. The van der Waals surface area contributed by atoms with Gasteiger partial charge < -0.3 is 10.4 Å². The second kappa shape index (κ2) is 7.37. The number of amides is 1. The third-order valence-electron chi connectivity index (χ3n) is 4.07. The van der Waals surface area contributed by atoms with Gasteiger partial charge >= 0.3 is 6.09 Å². The molecular weight excluding hydrogens is 322 g/mol. The molecular formula is C15H21NO4S2. The van der Waals surface area contributed by atoms with Crippen LogP contribution in [0.5, 0.6) is 0 Å². The fourth-order valence-electron chi connectivity index (χ4n) is 2.92. The molecule has 0 saturated heterocycles. The average Bonchev–Trinajstić information content (AvgIpc) is 2.48. The lowest BCUT2D eigenvalue weighted by Crippen LogP contribution is -2.43. The molecule has 22 heavy (non-hydrogen) atoms. The molecule has 2 atom stereocenters. The Kier molecular flexibility index (Phi) is 5.74. The van der Waals surface area contributed by atoms with E-state index < -0.39 is 15.9 Å². The maximum atomic E-state index is 12.5. The zero-order chi connectivity index (χ0) is 16.2. The first-order valence-electron chi connectivity index (χ1n) is 7.28. The maximum absolute atomic E-state index is 12.5. The SMILES string of the molecule is CSc1ccc(S(=O)(=O)CC2CCCCC2NC(=O)O)cc1. The van der Waals surface area contributed by atoms with Crippen molar-refractivity contribution in [1.82, 2.24) is 5.32 Å². The number of hydrogen-bond acceptors (Lipinski definition) is 4. The number of nitrogens with one attached hydrogen (secondary N) is 1. The molecule has 1 aromatic carbocycles. The molecule has 7 heteroatoms. The predicted octanol–water partition coefficient (Wildman–Crippen LogP) is 3.01. The first-order valence-corrected chi connectivity index (χ1v) is 10.2. The van der Waals surface area contributed by atoms with E-state index in [0.29, 0.717) is 11.3 Å². The summed E-state index contributed by atoms with van der Waals surface area (Å²) >= 11 is 1.56. The van der Waals surface area contributed by atoms with Gasteiger partial charge in [0.1, 0.15) is 0 Å². The lowest BCUT2D eigenvalue weighted by atomic mass is 9.86. The second-order valence-electron chi connectivity index (χ2n) is 5.56. The first-order chi connectivity index (χ1) is 10.4. The van der Waals surface area contributed by atoms with Crippen molar-refractivity contribution in [2.24, 2.45) is 5.92 Å². The van der Waals surface area contributed by atoms with Gasteiger partial charge in [0.15, 0.2) is 9.84 Å². The quantitative estimate of drug-likeness (QED) is 0.803. The summed E-state index contributed by atoms with van der Waals surface area (Å²) in [7, 11) is -3.40. The van der Waals surface area contributed by atoms with Crippen LogP contribution in [0.2, 0.25) is 0 Å². The minimum Gasteiger partial charge on any atom is -0.465 e. The molecule has 1 amide bonds. The van der Waals surface area contributed by atoms with Crippen LogP contribution in [0, 0.1) is 5.92 Å². The third-order valence-corrected chi connectivity index (χ3v) is 6.67. The average molecular weight is 343 g/mol. The van der Waals surface area contributed by atoms with Crippen LogP contribution in [0.25, 0.3) is 0 Å². The van der Waals surface area contributed by atoms with Gasteiger partial charge in [0.2, 0.25) is 0 Å². The molecule has 122 valence electrons. The lowest BCUT2D eigenvalue weighted by Gasteiger charge is -2.31. The molecule has 1 aliphatic rings. The zero-order valence-electron chi connectivity index (χ0n) is 12.5. The highest BCUT2D eigenvalue weighted by molar-refractivity contribution is 7.98. The van der Waals surface area contributed by atoms with Gasteiger partial charge in [-0.25, -0.2) is 13.2 Å². The molecule has 1 saturated carbocycles. The Labute approximate surface area is 135 Å². The Morgan fingerprint density at radius 1 is 1.27 bits per heavy atom. The summed E-state index contributed by atoms with van der Waals surface area (Å²) in [6, 6.07) is 6.58. The van der Waals surface area contributed by atoms with Gasteiger partial charge in [-0.3, -0.25) is 0 Å². The minimum atomic E-state index is -3.40. The van der Waals surface area contributed by atoms with Crippen LogP contribution >= 0.6 is 11.8 Å². The van der Waals surface area contributed by atoms with Crippen molar-refractivity contribution in [3.63, 3.8) is 0 Å². The van der Waals surface area contributed by atoms with Gasteiger partial charge in [-0.15, -0.1) is 11.8 Å². The predicted molar refractivity (Wildman–Crippen MR) is 87.2 cm³/mol. The standard InChI is InChI=1S/C15H21NO4S2/c1-21-12-6-8-13(9-7-12)22(19,20)10-11-4-2-3-5-14(11)16-15(17)18/h6-9,11,14,16H,2-5,10H2,1H3,(H,17,18). The van der Waals surface area contributed by atoms with Crippen molar-refractivity contribution >= 4 is 27.7 Å². The van der Waals surface area contributed by atoms with Crippen LogP contribution in [-0.4, -0.2) is 37.7 Å². The van der Waals surface area contributed by atoms with Gasteiger partial charge in [-0.2, -0.15) is 0 Å². The molecule has 0 aromatic heterocycles. The first kappa shape index (κ1) is 17.1. The van der Waals surface area contributed by atoms with Gasteiger partial charge in [-0.1, -0.05) is 12.8 Å². The molecule has 0 bridgehead atoms. The molecule has 1 fully saturated rings. The van der Waals surface area contributed by atoms with E-state index in [2.05, 4.69) is 5.32 Å².